The molecule has 0 amide bonds. The van der Waals surface area contributed by atoms with Gasteiger partial charge in [-0.3, -0.25) is 4.79 Å². The molecule has 0 saturated heterocycles. The summed E-state index contributed by atoms with van der Waals surface area (Å²) in [4.78, 5) is 11.8. The van der Waals surface area contributed by atoms with E-state index in [2.05, 4.69) is 26.0 Å². The molecular weight excluding hydrogens is 260 g/mol. The van der Waals surface area contributed by atoms with E-state index in [0.717, 1.165) is 47.8 Å². The molecule has 2 heteroatoms. The van der Waals surface area contributed by atoms with Crippen LogP contribution < -0.4 is 0 Å². The molecule has 7 atom stereocenters. The van der Waals surface area contributed by atoms with E-state index in [-0.39, 0.29) is 5.97 Å². The smallest absolute Gasteiger partial charge is 0.305 e. The van der Waals surface area contributed by atoms with Gasteiger partial charge in [0.25, 0.3) is 0 Å². The molecule has 0 N–H and O–H groups in total. The summed E-state index contributed by atoms with van der Waals surface area (Å²) in [5.41, 5.74) is 0. The summed E-state index contributed by atoms with van der Waals surface area (Å²) in [6.45, 7) is 4.76. The van der Waals surface area contributed by atoms with Crippen molar-refractivity contribution in [3.63, 3.8) is 0 Å². The summed E-state index contributed by atoms with van der Waals surface area (Å²) in [6, 6.07) is 0. The molecule has 0 radical (unpaired) electrons. The van der Waals surface area contributed by atoms with Crippen molar-refractivity contribution in [3.05, 3.63) is 12.2 Å². The van der Waals surface area contributed by atoms with Crippen molar-refractivity contribution in [1.29, 1.82) is 0 Å². The third kappa shape index (κ3) is 2.26. The Balaban J connectivity index is 1.31. The van der Waals surface area contributed by atoms with E-state index in [1.165, 1.54) is 19.3 Å². The van der Waals surface area contributed by atoms with Crippen LogP contribution in [0.3, 0.4) is 0 Å². The number of allylic oxidation sites excluding steroid dienone is 2. The van der Waals surface area contributed by atoms with Gasteiger partial charge < -0.3 is 4.74 Å². The number of ether oxygens (including phenoxy) is 1. The van der Waals surface area contributed by atoms with E-state index >= 15 is 0 Å². The van der Waals surface area contributed by atoms with Crippen LogP contribution in [-0.4, -0.2) is 12.6 Å². The Kier molecular flexibility index (Phi) is 3.39. The van der Waals surface area contributed by atoms with E-state index in [1.807, 2.05) is 0 Å². The van der Waals surface area contributed by atoms with Crippen LogP contribution in [0.4, 0.5) is 0 Å². The first-order valence-electron chi connectivity index (χ1n) is 8.97. The average Bonchev–Trinajstić information content (AvgIpc) is 3.19. The topological polar surface area (TPSA) is 26.3 Å². The zero-order valence-corrected chi connectivity index (χ0v) is 13.3. The van der Waals surface area contributed by atoms with Gasteiger partial charge in [0.2, 0.25) is 0 Å². The number of hydrogen-bond acceptors (Lipinski definition) is 2. The Morgan fingerprint density at radius 2 is 1.90 bits per heavy atom. The van der Waals surface area contributed by atoms with Gasteiger partial charge in [0.15, 0.2) is 0 Å². The fourth-order valence-electron chi connectivity index (χ4n) is 6.12. The second-order valence-corrected chi connectivity index (χ2v) is 8.37. The summed E-state index contributed by atoms with van der Waals surface area (Å²) >= 11 is 0. The number of esters is 1. The number of rotatable bonds is 5. The maximum Gasteiger partial charge on any atom is 0.305 e. The molecule has 21 heavy (non-hydrogen) atoms. The molecule has 0 spiro atoms. The van der Waals surface area contributed by atoms with Crippen LogP contribution in [0.5, 0.6) is 0 Å². The first-order chi connectivity index (χ1) is 10.1. The number of carbonyl (C=O) groups excluding carboxylic acids is 1. The summed E-state index contributed by atoms with van der Waals surface area (Å²) in [5, 5.41) is 0. The first kappa shape index (κ1) is 13.8. The maximum atomic E-state index is 11.8. The highest BCUT2D eigenvalue weighted by atomic mass is 16.5. The number of hydrogen-bond donors (Lipinski definition) is 0. The van der Waals surface area contributed by atoms with E-state index in [4.69, 9.17) is 4.74 Å². The second-order valence-electron chi connectivity index (χ2n) is 8.37. The van der Waals surface area contributed by atoms with Crippen LogP contribution in [0, 0.1) is 47.3 Å². The molecule has 4 aliphatic rings. The maximum absolute atomic E-state index is 11.8. The molecule has 116 valence electrons. The number of carbonyl (C=O) groups is 1. The van der Waals surface area contributed by atoms with Crippen LogP contribution >= 0.6 is 0 Å². The van der Waals surface area contributed by atoms with Gasteiger partial charge in [-0.1, -0.05) is 26.0 Å². The largest absolute Gasteiger partial charge is 0.465 e. The molecule has 0 aromatic heterocycles. The van der Waals surface area contributed by atoms with Gasteiger partial charge >= 0.3 is 5.97 Å². The Morgan fingerprint density at radius 1 is 1.14 bits per heavy atom. The molecule has 0 aromatic carbocycles. The van der Waals surface area contributed by atoms with Crippen molar-refractivity contribution in [2.75, 3.05) is 6.61 Å². The molecule has 0 aliphatic heterocycles. The summed E-state index contributed by atoms with van der Waals surface area (Å²) in [6.07, 6.45) is 11.0. The lowest BCUT2D eigenvalue weighted by atomic mass is 9.68. The van der Waals surface area contributed by atoms with E-state index < -0.39 is 0 Å². The lowest BCUT2D eigenvalue weighted by molar-refractivity contribution is -0.145. The molecule has 4 aliphatic carbocycles. The Morgan fingerprint density at radius 3 is 2.67 bits per heavy atom. The van der Waals surface area contributed by atoms with Crippen molar-refractivity contribution in [1.82, 2.24) is 0 Å². The molecule has 4 bridgehead atoms. The monoisotopic (exact) mass is 288 g/mol. The van der Waals surface area contributed by atoms with Crippen LogP contribution in [0.15, 0.2) is 12.2 Å². The predicted octanol–water partition coefficient (Wildman–Crippen LogP) is 4.06. The zero-order valence-electron chi connectivity index (χ0n) is 13.3. The van der Waals surface area contributed by atoms with Crippen molar-refractivity contribution < 1.29 is 9.53 Å². The van der Waals surface area contributed by atoms with Crippen LogP contribution in [0.25, 0.3) is 0 Å². The second kappa shape index (κ2) is 5.14. The molecular formula is C19H28O2. The standard InChI is InChI=1S/C19H28O2/c1-11(2)10-21-17(20)6-5-12-7-15-9-16(12)19-14-4-3-13(8-14)18(15)19/h3-4,11-16,18-19H,5-10H2,1-2H3. The lowest BCUT2D eigenvalue weighted by Gasteiger charge is -2.36. The first-order valence-corrected chi connectivity index (χ1v) is 8.97. The third-order valence-corrected chi connectivity index (χ3v) is 6.70. The van der Waals surface area contributed by atoms with Crippen LogP contribution in [0.1, 0.15) is 46.0 Å². The quantitative estimate of drug-likeness (QED) is 0.433. The molecule has 0 heterocycles. The highest BCUT2D eigenvalue weighted by Crippen LogP contribution is 2.67. The van der Waals surface area contributed by atoms with E-state index in [0.29, 0.717) is 18.9 Å². The normalized spacial score (nSPS) is 45.6. The minimum atomic E-state index is 0.0239. The molecule has 0 aromatic rings. The number of fused-ring (bicyclic) bond motifs is 9. The highest BCUT2D eigenvalue weighted by Gasteiger charge is 2.60. The Hall–Kier alpha value is -0.790. The average molecular weight is 288 g/mol. The van der Waals surface area contributed by atoms with Gasteiger partial charge in [0, 0.05) is 6.42 Å². The molecule has 7 unspecified atom stereocenters. The summed E-state index contributed by atoms with van der Waals surface area (Å²) in [7, 11) is 0. The minimum Gasteiger partial charge on any atom is -0.465 e. The summed E-state index contributed by atoms with van der Waals surface area (Å²) in [5.74, 6) is 6.92. The van der Waals surface area contributed by atoms with Crippen LogP contribution in [0.2, 0.25) is 0 Å². The SMILES string of the molecule is CC(C)COC(=O)CCC1CC2CC1C1C3C=CC(C3)C21. The van der Waals surface area contributed by atoms with Crippen molar-refractivity contribution in [2.24, 2.45) is 47.3 Å². The van der Waals surface area contributed by atoms with Crippen molar-refractivity contribution in [3.8, 4) is 0 Å². The Bertz CT molecular complexity index is 452. The van der Waals surface area contributed by atoms with Crippen molar-refractivity contribution in [2.45, 2.75) is 46.0 Å². The van der Waals surface area contributed by atoms with Gasteiger partial charge in [0.1, 0.15) is 0 Å². The Labute approximate surface area is 128 Å². The lowest BCUT2D eigenvalue weighted by Crippen LogP contribution is -2.31. The van der Waals surface area contributed by atoms with Crippen LogP contribution in [-0.2, 0) is 9.53 Å². The van der Waals surface area contributed by atoms with E-state index in [1.54, 1.807) is 0 Å². The summed E-state index contributed by atoms with van der Waals surface area (Å²) < 4.78 is 5.33. The fraction of sp³-hybridized carbons (Fsp3) is 0.842. The molecule has 2 nitrogen and oxygen atoms in total. The predicted molar refractivity (Wildman–Crippen MR) is 82.5 cm³/mol. The van der Waals surface area contributed by atoms with Gasteiger partial charge in [-0.2, -0.15) is 0 Å². The molecule has 3 fully saturated rings. The van der Waals surface area contributed by atoms with Gasteiger partial charge in [-0.15, -0.1) is 0 Å². The fourth-order valence-corrected chi connectivity index (χ4v) is 6.12. The zero-order chi connectivity index (χ0) is 14.6. The highest BCUT2D eigenvalue weighted by molar-refractivity contribution is 5.69. The third-order valence-electron chi connectivity index (χ3n) is 6.70. The molecule has 4 rings (SSSR count). The van der Waals surface area contributed by atoms with E-state index in [9.17, 15) is 4.79 Å². The minimum absolute atomic E-state index is 0.0239. The van der Waals surface area contributed by atoms with Gasteiger partial charge in [-0.25, -0.2) is 0 Å². The van der Waals surface area contributed by atoms with Gasteiger partial charge in [-0.05, 0) is 73.0 Å². The molecule has 3 saturated carbocycles. The van der Waals surface area contributed by atoms with Gasteiger partial charge in [0.05, 0.1) is 6.61 Å². The van der Waals surface area contributed by atoms with Crippen molar-refractivity contribution >= 4 is 5.97 Å².